The molecule has 0 heterocycles. The van der Waals surface area contributed by atoms with Crippen molar-refractivity contribution >= 4 is 27.4 Å². The summed E-state index contributed by atoms with van der Waals surface area (Å²) in [5, 5.41) is -0.709. The van der Waals surface area contributed by atoms with Crippen LogP contribution >= 0.6 is 11.6 Å². The number of benzene rings is 2. The van der Waals surface area contributed by atoms with E-state index in [2.05, 4.69) is 0 Å². The van der Waals surface area contributed by atoms with Crippen molar-refractivity contribution in [1.29, 1.82) is 0 Å². The van der Waals surface area contributed by atoms with Crippen LogP contribution in [0, 0.1) is 0 Å². The fraction of sp³-hybridized carbons (Fsp3) is 0.316. The summed E-state index contributed by atoms with van der Waals surface area (Å²) >= 11 is 5.85. The molecule has 1 fully saturated rings. The Bertz CT molecular complexity index is 943. The summed E-state index contributed by atoms with van der Waals surface area (Å²) in [7, 11) is -2.35. The van der Waals surface area contributed by atoms with Crippen molar-refractivity contribution in [3.63, 3.8) is 0 Å². The zero-order valence-corrected chi connectivity index (χ0v) is 16.5. The van der Waals surface area contributed by atoms with Gasteiger partial charge < -0.3 is 15.2 Å². The van der Waals surface area contributed by atoms with Crippen LogP contribution in [-0.2, 0) is 19.4 Å². The fourth-order valence-corrected chi connectivity index (χ4v) is 5.70. The summed E-state index contributed by atoms with van der Waals surface area (Å²) in [6.07, 6.45) is 0. The van der Waals surface area contributed by atoms with Gasteiger partial charge in [0.1, 0.15) is 16.5 Å². The highest BCUT2D eigenvalue weighted by atomic mass is 35.5. The minimum absolute atomic E-state index is 0.0621. The van der Waals surface area contributed by atoms with E-state index in [0.717, 1.165) is 0 Å². The molecule has 3 atom stereocenters. The molecule has 2 aromatic rings. The van der Waals surface area contributed by atoms with E-state index in [0.29, 0.717) is 16.3 Å². The van der Waals surface area contributed by atoms with Crippen molar-refractivity contribution in [1.82, 2.24) is 0 Å². The van der Waals surface area contributed by atoms with Crippen molar-refractivity contribution in [2.24, 2.45) is 5.73 Å². The highest BCUT2D eigenvalue weighted by Gasteiger charge is 2.74. The smallest absolute Gasteiger partial charge is 0.328 e. The highest BCUT2D eigenvalue weighted by Crippen LogP contribution is 2.56. The summed E-state index contributed by atoms with van der Waals surface area (Å²) in [6, 6.07) is 12.6. The van der Waals surface area contributed by atoms with Gasteiger partial charge in [0, 0.05) is 10.9 Å². The first-order valence-electron chi connectivity index (χ1n) is 8.36. The van der Waals surface area contributed by atoms with E-state index in [1.807, 2.05) is 0 Å². The van der Waals surface area contributed by atoms with Crippen molar-refractivity contribution in [2.75, 3.05) is 13.7 Å². The molecule has 0 aliphatic heterocycles. The van der Waals surface area contributed by atoms with Gasteiger partial charge in [0.15, 0.2) is 9.84 Å². The Kier molecular flexibility index (Phi) is 5.20. The van der Waals surface area contributed by atoms with Crippen LogP contribution in [0.2, 0.25) is 5.02 Å². The molecule has 2 aromatic carbocycles. The van der Waals surface area contributed by atoms with Gasteiger partial charge in [-0.3, -0.25) is 0 Å². The van der Waals surface area contributed by atoms with E-state index in [1.165, 1.54) is 31.4 Å². The zero-order valence-electron chi connectivity index (χ0n) is 14.9. The van der Waals surface area contributed by atoms with Gasteiger partial charge in [0.2, 0.25) is 0 Å². The molecule has 0 amide bonds. The maximum absolute atomic E-state index is 13.2. The number of ether oxygens (including phenoxy) is 2. The molecule has 1 saturated carbocycles. The Hall–Kier alpha value is -2.09. The Morgan fingerprint density at radius 2 is 1.74 bits per heavy atom. The number of esters is 1. The van der Waals surface area contributed by atoms with Gasteiger partial charge in [-0.15, -0.1) is 0 Å². The summed E-state index contributed by atoms with van der Waals surface area (Å²) in [5.74, 6) is -0.827. The fourth-order valence-electron chi connectivity index (χ4n) is 3.34. The molecule has 3 rings (SSSR count). The molecular formula is C19H20ClNO5S. The normalized spacial score (nSPS) is 24.3. The number of sulfone groups is 1. The second kappa shape index (κ2) is 7.14. The first-order chi connectivity index (χ1) is 12.8. The third-order valence-corrected chi connectivity index (χ3v) is 7.27. The molecule has 0 saturated heterocycles. The molecule has 27 heavy (non-hydrogen) atoms. The molecule has 1 aliphatic carbocycles. The topological polar surface area (TPSA) is 95.7 Å². The number of nitrogens with two attached hydrogens (primary N) is 1. The van der Waals surface area contributed by atoms with E-state index in [9.17, 15) is 13.2 Å². The molecule has 0 aromatic heterocycles. The minimum Gasteiger partial charge on any atom is -0.497 e. The summed E-state index contributed by atoms with van der Waals surface area (Å²) in [4.78, 5) is 12.6. The number of carbonyl (C=O) groups excluding carboxylic acids is 1. The Morgan fingerprint density at radius 1 is 1.15 bits per heavy atom. The monoisotopic (exact) mass is 409 g/mol. The molecule has 0 spiro atoms. The van der Waals surface area contributed by atoms with Crippen LogP contribution in [0.4, 0.5) is 0 Å². The van der Waals surface area contributed by atoms with Gasteiger partial charge in [-0.25, -0.2) is 13.2 Å². The SMILES string of the molecule is CCOC(=O)[C@]1(N)[C@H](c2ccc(OC)cc2)[C@@H]1S(=O)(=O)c1ccc(Cl)cc1. The van der Waals surface area contributed by atoms with Crippen LogP contribution < -0.4 is 10.5 Å². The van der Waals surface area contributed by atoms with Gasteiger partial charge in [-0.2, -0.15) is 0 Å². The van der Waals surface area contributed by atoms with Crippen molar-refractivity contribution in [3.05, 3.63) is 59.1 Å². The lowest BCUT2D eigenvalue weighted by Crippen LogP contribution is -2.41. The predicted octanol–water partition coefficient (Wildman–Crippen LogP) is 2.55. The minimum atomic E-state index is -3.88. The first-order valence-corrected chi connectivity index (χ1v) is 10.3. The van der Waals surface area contributed by atoms with Gasteiger partial charge in [-0.1, -0.05) is 23.7 Å². The van der Waals surface area contributed by atoms with Crippen LogP contribution in [0.5, 0.6) is 5.75 Å². The quantitative estimate of drug-likeness (QED) is 0.736. The maximum atomic E-state index is 13.2. The average molecular weight is 410 g/mol. The second-order valence-corrected chi connectivity index (χ2v) is 8.83. The Balaban J connectivity index is 2.04. The lowest BCUT2D eigenvalue weighted by molar-refractivity contribution is -0.145. The number of halogens is 1. The standard InChI is InChI=1S/C19H20ClNO5S/c1-3-26-18(22)19(21)16(12-4-8-14(25-2)9-5-12)17(19)27(23,24)15-10-6-13(20)7-11-15/h4-11,16-17H,3,21H2,1-2H3/t16-,17+,19+/m1/s1. The molecule has 6 nitrogen and oxygen atoms in total. The third-order valence-electron chi connectivity index (χ3n) is 4.76. The third kappa shape index (κ3) is 3.31. The summed E-state index contributed by atoms with van der Waals surface area (Å²) in [5.41, 5.74) is 5.29. The molecule has 144 valence electrons. The van der Waals surface area contributed by atoms with Crippen molar-refractivity contribution in [2.45, 2.75) is 28.5 Å². The Morgan fingerprint density at radius 3 is 2.26 bits per heavy atom. The lowest BCUT2D eigenvalue weighted by Gasteiger charge is -2.11. The van der Waals surface area contributed by atoms with Gasteiger partial charge in [0.25, 0.3) is 0 Å². The van der Waals surface area contributed by atoms with E-state index in [-0.39, 0.29) is 11.5 Å². The van der Waals surface area contributed by atoms with E-state index < -0.39 is 32.5 Å². The molecular weight excluding hydrogens is 390 g/mol. The Labute approximate surface area is 163 Å². The largest absolute Gasteiger partial charge is 0.497 e. The molecule has 1 aliphatic rings. The predicted molar refractivity (Wildman–Crippen MR) is 102 cm³/mol. The van der Waals surface area contributed by atoms with Crippen LogP contribution in [-0.4, -0.2) is 38.9 Å². The van der Waals surface area contributed by atoms with E-state index in [1.54, 1.807) is 31.2 Å². The number of hydrogen-bond acceptors (Lipinski definition) is 6. The van der Waals surface area contributed by atoms with Crippen LogP contribution in [0.25, 0.3) is 0 Å². The van der Waals surface area contributed by atoms with E-state index in [4.69, 9.17) is 26.8 Å². The van der Waals surface area contributed by atoms with Crippen LogP contribution in [0.3, 0.4) is 0 Å². The summed E-state index contributed by atoms with van der Waals surface area (Å²) < 4.78 is 36.6. The average Bonchev–Trinajstić information content (AvgIpc) is 3.31. The number of methoxy groups -OCH3 is 1. The molecule has 2 N–H and O–H groups in total. The highest BCUT2D eigenvalue weighted by molar-refractivity contribution is 7.92. The first kappa shape index (κ1) is 19.7. The second-order valence-electron chi connectivity index (χ2n) is 6.32. The molecule has 0 bridgehead atoms. The van der Waals surface area contributed by atoms with E-state index >= 15 is 0 Å². The lowest BCUT2D eigenvalue weighted by atomic mass is 10.1. The van der Waals surface area contributed by atoms with Crippen LogP contribution in [0.1, 0.15) is 18.4 Å². The molecule has 0 radical (unpaired) electrons. The summed E-state index contributed by atoms with van der Waals surface area (Å²) in [6.45, 7) is 1.76. The zero-order chi connectivity index (χ0) is 19.8. The van der Waals surface area contributed by atoms with Crippen LogP contribution in [0.15, 0.2) is 53.4 Å². The van der Waals surface area contributed by atoms with Crippen molar-refractivity contribution < 1.29 is 22.7 Å². The molecule has 0 unspecified atom stereocenters. The molecule has 8 heteroatoms. The van der Waals surface area contributed by atoms with Gasteiger partial charge in [-0.05, 0) is 48.9 Å². The number of carbonyl (C=O) groups is 1. The van der Waals surface area contributed by atoms with Gasteiger partial charge in [0.05, 0.1) is 18.6 Å². The number of hydrogen-bond donors (Lipinski definition) is 1. The van der Waals surface area contributed by atoms with Crippen molar-refractivity contribution in [3.8, 4) is 5.75 Å². The number of rotatable bonds is 6. The van der Waals surface area contributed by atoms with Gasteiger partial charge >= 0.3 is 5.97 Å². The maximum Gasteiger partial charge on any atom is 0.328 e.